The van der Waals surface area contributed by atoms with Crippen LogP contribution < -0.4 is 10.6 Å². The molecule has 15 heavy (non-hydrogen) atoms. The molecule has 0 saturated carbocycles. The van der Waals surface area contributed by atoms with E-state index in [1.807, 2.05) is 0 Å². The van der Waals surface area contributed by atoms with E-state index >= 15 is 0 Å². The highest BCUT2D eigenvalue weighted by atomic mass is 19.1. The number of hydrogen-bond acceptors (Lipinski definition) is 5. The predicted octanol–water partition coefficient (Wildman–Crippen LogP) is -0.00200. The minimum absolute atomic E-state index is 0.355. The van der Waals surface area contributed by atoms with E-state index in [4.69, 9.17) is 5.11 Å². The Bertz CT molecular complexity index is 278. The highest BCUT2D eigenvalue weighted by Gasteiger charge is 1.96. The lowest BCUT2D eigenvalue weighted by atomic mass is 10.4. The van der Waals surface area contributed by atoms with Crippen molar-refractivity contribution in [2.45, 2.75) is 13.0 Å². The van der Waals surface area contributed by atoms with Crippen molar-refractivity contribution in [1.29, 1.82) is 0 Å². The van der Waals surface area contributed by atoms with Crippen molar-refractivity contribution >= 4 is 5.95 Å². The number of hydrogen-bond donors (Lipinski definition) is 3. The molecule has 1 atom stereocenters. The summed E-state index contributed by atoms with van der Waals surface area (Å²) < 4.78 is 12.4. The molecule has 3 N–H and O–H groups in total. The summed E-state index contributed by atoms with van der Waals surface area (Å²) >= 11 is 0. The summed E-state index contributed by atoms with van der Waals surface area (Å²) in [7, 11) is 0. The van der Waals surface area contributed by atoms with E-state index in [0.717, 1.165) is 12.4 Å². The summed E-state index contributed by atoms with van der Waals surface area (Å²) in [5.74, 6) is -0.0528. The Morgan fingerprint density at radius 3 is 2.67 bits per heavy atom. The fourth-order valence-electron chi connectivity index (χ4n) is 0.977. The Balaban J connectivity index is 2.12. The lowest BCUT2D eigenvalue weighted by Gasteiger charge is -2.07. The monoisotopic (exact) mass is 214 g/mol. The van der Waals surface area contributed by atoms with Gasteiger partial charge < -0.3 is 15.7 Å². The molecule has 0 aromatic carbocycles. The van der Waals surface area contributed by atoms with Gasteiger partial charge in [-0.1, -0.05) is 0 Å². The maximum Gasteiger partial charge on any atom is 0.222 e. The van der Waals surface area contributed by atoms with E-state index in [-0.39, 0.29) is 6.10 Å². The number of nitrogens with zero attached hydrogens (tertiary/aromatic N) is 2. The van der Waals surface area contributed by atoms with Crippen LogP contribution in [0, 0.1) is 5.82 Å². The van der Waals surface area contributed by atoms with Crippen LogP contribution in [-0.4, -0.2) is 40.8 Å². The van der Waals surface area contributed by atoms with Crippen LogP contribution in [0.25, 0.3) is 0 Å². The Hall–Kier alpha value is -1.27. The maximum atomic E-state index is 12.4. The Morgan fingerprint density at radius 2 is 2.07 bits per heavy atom. The number of nitrogens with one attached hydrogen (secondary N) is 2. The molecule has 0 aliphatic carbocycles. The summed E-state index contributed by atoms with van der Waals surface area (Å²) in [5.41, 5.74) is 0. The normalized spacial score (nSPS) is 12.5. The van der Waals surface area contributed by atoms with Crippen molar-refractivity contribution in [2.24, 2.45) is 0 Å². The van der Waals surface area contributed by atoms with E-state index < -0.39 is 5.82 Å². The average Bonchev–Trinajstić information content (AvgIpc) is 2.20. The maximum absolute atomic E-state index is 12.4. The van der Waals surface area contributed by atoms with Gasteiger partial charge in [0.15, 0.2) is 5.82 Å². The Morgan fingerprint density at radius 1 is 1.40 bits per heavy atom. The van der Waals surface area contributed by atoms with Gasteiger partial charge in [0.25, 0.3) is 0 Å². The first-order chi connectivity index (χ1) is 7.18. The Kier molecular flexibility index (Phi) is 4.92. The van der Waals surface area contributed by atoms with Crippen molar-refractivity contribution in [3.8, 4) is 0 Å². The largest absolute Gasteiger partial charge is 0.392 e. The molecule has 0 aliphatic rings. The fraction of sp³-hybridized carbons (Fsp3) is 0.556. The second-order valence-electron chi connectivity index (χ2n) is 3.20. The molecule has 5 nitrogen and oxygen atoms in total. The third kappa shape index (κ3) is 5.24. The molecular weight excluding hydrogens is 199 g/mol. The van der Waals surface area contributed by atoms with Crippen LogP contribution in [0.4, 0.5) is 10.3 Å². The standard InChI is InChI=1S/C9H15FN4O/c1-7(15)4-11-2-3-12-9-13-5-8(10)6-14-9/h5-7,11,15H,2-4H2,1H3,(H,12,13,14). The van der Waals surface area contributed by atoms with Gasteiger partial charge in [0, 0.05) is 19.6 Å². The molecule has 0 spiro atoms. The van der Waals surface area contributed by atoms with Crippen molar-refractivity contribution in [3.05, 3.63) is 18.2 Å². The van der Waals surface area contributed by atoms with Gasteiger partial charge in [-0.3, -0.25) is 0 Å². The van der Waals surface area contributed by atoms with Gasteiger partial charge in [-0.25, -0.2) is 14.4 Å². The van der Waals surface area contributed by atoms with E-state index in [1.165, 1.54) is 0 Å². The zero-order chi connectivity index (χ0) is 11.1. The third-order valence-corrected chi connectivity index (χ3v) is 1.64. The van der Waals surface area contributed by atoms with Crippen molar-refractivity contribution in [2.75, 3.05) is 25.0 Å². The summed E-state index contributed by atoms with van der Waals surface area (Å²) in [5, 5.41) is 14.9. The van der Waals surface area contributed by atoms with E-state index in [2.05, 4.69) is 20.6 Å². The van der Waals surface area contributed by atoms with Gasteiger partial charge in [-0.05, 0) is 6.92 Å². The minimum atomic E-state index is -0.451. The molecule has 84 valence electrons. The number of halogens is 1. The molecule has 1 aromatic rings. The molecule has 0 fully saturated rings. The van der Waals surface area contributed by atoms with Gasteiger partial charge in [-0.2, -0.15) is 0 Å². The lowest BCUT2D eigenvalue weighted by Crippen LogP contribution is -2.29. The molecule has 0 amide bonds. The first-order valence-electron chi connectivity index (χ1n) is 4.78. The van der Waals surface area contributed by atoms with E-state index in [1.54, 1.807) is 6.92 Å². The third-order valence-electron chi connectivity index (χ3n) is 1.64. The number of rotatable bonds is 6. The minimum Gasteiger partial charge on any atom is -0.392 e. The molecule has 0 aliphatic heterocycles. The molecule has 0 radical (unpaired) electrons. The SMILES string of the molecule is CC(O)CNCCNc1ncc(F)cn1. The van der Waals surface area contributed by atoms with Crippen LogP contribution in [0.3, 0.4) is 0 Å². The highest BCUT2D eigenvalue weighted by Crippen LogP contribution is 1.96. The number of anilines is 1. The van der Waals surface area contributed by atoms with Crippen LogP contribution >= 0.6 is 0 Å². The molecule has 1 aromatic heterocycles. The predicted molar refractivity (Wildman–Crippen MR) is 55.0 cm³/mol. The molecule has 1 rings (SSSR count). The summed E-state index contributed by atoms with van der Waals surface area (Å²) in [4.78, 5) is 7.47. The zero-order valence-corrected chi connectivity index (χ0v) is 8.57. The average molecular weight is 214 g/mol. The number of aliphatic hydroxyl groups is 1. The van der Waals surface area contributed by atoms with E-state index in [9.17, 15) is 4.39 Å². The van der Waals surface area contributed by atoms with Crippen molar-refractivity contribution in [3.63, 3.8) is 0 Å². The first-order valence-corrected chi connectivity index (χ1v) is 4.78. The molecule has 0 bridgehead atoms. The highest BCUT2D eigenvalue weighted by molar-refractivity contribution is 5.22. The second-order valence-corrected chi connectivity index (χ2v) is 3.20. The summed E-state index contributed by atoms with van der Waals surface area (Å²) in [6, 6.07) is 0. The summed E-state index contributed by atoms with van der Waals surface area (Å²) in [6.45, 7) is 3.57. The first kappa shape index (κ1) is 11.8. The second kappa shape index (κ2) is 6.26. The van der Waals surface area contributed by atoms with E-state index in [0.29, 0.717) is 25.6 Å². The zero-order valence-electron chi connectivity index (χ0n) is 8.57. The topological polar surface area (TPSA) is 70.1 Å². The lowest BCUT2D eigenvalue weighted by molar-refractivity contribution is 0.192. The molecular formula is C9H15FN4O. The van der Waals surface area contributed by atoms with Crippen molar-refractivity contribution < 1.29 is 9.50 Å². The number of aliphatic hydroxyl groups excluding tert-OH is 1. The quantitative estimate of drug-likeness (QED) is 0.581. The van der Waals surface area contributed by atoms with Crippen LogP contribution in [0.2, 0.25) is 0 Å². The van der Waals surface area contributed by atoms with Crippen LogP contribution in [0.1, 0.15) is 6.92 Å². The Labute approximate surface area is 87.8 Å². The van der Waals surface area contributed by atoms with Gasteiger partial charge in [-0.15, -0.1) is 0 Å². The smallest absolute Gasteiger partial charge is 0.222 e. The molecule has 0 saturated heterocycles. The van der Waals surface area contributed by atoms with Gasteiger partial charge >= 0.3 is 0 Å². The van der Waals surface area contributed by atoms with Crippen molar-refractivity contribution in [1.82, 2.24) is 15.3 Å². The van der Waals surface area contributed by atoms with Gasteiger partial charge in [0.1, 0.15) is 0 Å². The summed E-state index contributed by atoms with van der Waals surface area (Å²) in [6.07, 6.45) is 1.86. The van der Waals surface area contributed by atoms with Gasteiger partial charge in [0.2, 0.25) is 5.95 Å². The molecule has 1 heterocycles. The molecule has 6 heteroatoms. The van der Waals surface area contributed by atoms with Crippen LogP contribution in [-0.2, 0) is 0 Å². The van der Waals surface area contributed by atoms with Gasteiger partial charge in [0.05, 0.1) is 18.5 Å². The molecule has 1 unspecified atom stereocenters. The number of aromatic nitrogens is 2. The van der Waals surface area contributed by atoms with Crippen LogP contribution in [0.15, 0.2) is 12.4 Å². The fourth-order valence-corrected chi connectivity index (χ4v) is 0.977. The van der Waals surface area contributed by atoms with Crippen LogP contribution in [0.5, 0.6) is 0 Å².